The zero-order valence-electron chi connectivity index (χ0n) is 10.8. The molecule has 0 amide bonds. The number of nitro benzene ring substituents is 1. The quantitative estimate of drug-likeness (QED) is 0.550. The second-order valence-corrected chi connectivity index (χ2v) is 5.11. The lowest BCUT2D eigenvalue weighted by Gasteiger charge is -2.21. The average Bonchev–Trinajstić information content (AvgIpc) is 3.13. The normalized spacial score (nSPS) is 15.0. The van der Waals surface area contributed by atoms with E-state index in [2.05, 4.69) is 11.8 Å². The van der Waals surface area contributed by atoms with E-state index >= 15 is 0 Å². The molecule has 0 atom stereocenters. The number of hydrogen-bond donors (Lipinski definition) is 0. The number of benzene rings is 1. The highest BCUT2D eigenvalue weighted by Gasteiger charge is 2.24. The maximum absolute atomic E-state index is 10.7. The minimum absolute atomic E-state index is 0.190. The Morgan fingerprint density at radius 2 is 2.22 bits per heavy atom. The van der Waals surface area contributed by atoms with Gasteiger partial charge in [0.25, 0.3) is 5.69 Å². The molecule has 1 saturated carbocycles. The van der Waals surface area contributed by atoms with Crippen LogP contribution in [0.4, 0.5) is 5.69 Å². The SMILES string of the molecule is CCCN(Cc1cccc([N+](=O)[O-])c1)CC1CC1. The van der Waals surface area contributed by atoms with Crippen LogP contribution in [0.1, 0.15) is 31.7 Å². The molecule has 0 spiro atoms. The molecule has 0 N–H and O–H groups in total. The molecule has 0 aromatic heterocycles. The molecule has 1 aliphatic rings. The summed E-state index contributed by atoms with van der Waals surface area (Å²) in [7, 11) is 0. The van der Waals surface area contributed by atoms with Crippen molar-refractivity contribution in [2.75, 3.05) is 13.1 Å². The summed E-state index contributed by atoms with van der Waals surface area (Å²) in [4.78, 5) is 12.8. The first kappa shape index (κ1) is 13.0. The second kappa shape index (κ2) is 5.96. The van der Waals surface area contributed by atoms with E-state index in [-0.39, 0.29) is 10.6 Å². The summed E-state index contributed by atoms with van der Waals surface area (Å²) in [5.41, 5.74) is 1.23. The van der Waals surface area contributed by atoms with Crippen LogP contribution in [0, 0.1) is 16.0 Å². The number of hydrogen-bond acceptors (Lipinski definition) is 3. The number of nitro groups is 1. The molecule has 1 fully saturated rings. The van der Waals surface area contributed by atoms with Gasteiger partial charge in [-0.15, -0.1) is 0 Å². The van der Waals surface area contributed by atoms with Gasteiger partial charge in [-0.25, -0.2) is 0 Å². The Balaban J connectivity index is 2.00. The Labute approximate surface area is 108 Å². The molecule has 2 rings (SSSR count). The van der Waals surface area contributed by atoms with Crippen LogP contribution in [0.15, 0.2) is 24.3 Å². The third-order valence-corrected chi connectivity index (χ3v) is 3.28. The molecule has 1 aromatic carbocycles. The van der Waals surface area contributed by atoms with E-state index in [4.69, 9.17) is 0 Å². The van der Waals surface area contributed by atoms with E-state index in [9.17, 15) is 10.1 Å². The number of non-ortho nitro benzene ring substituents is 1. The maximum Gasteiger partial charge on any atom is 0.269 e. The Morgan fingerprint density at radius 1 is 1.44 bits per heavy atom. The fourth-order valence-corrected chi connectivity index (χ4v) is 2.24. The average molecular weight is 248 g/mol. The number of rotatable bonds is 7. The van der Waals surface area contributed by atoms with Crippen molar-refractivity contribution in [3.8, 4) is 0 Å². The minimum Gasteiger partial charge on any atom is -0.299 e. The third-order valence-electron chi connectivity index (χ3n) is 3.28. The van der Waals surface area contributed by atoms with Crippen molar-refractivity contribution in [3.63, 3.8) is 0 Å². The van der Waals surface area contributed by atoms with Gasteiger partial charge in [0.1, 0.15) is 0 Å². The Morgan fingerprint density at radius 3 is 2.83 bits per heavy atom. The van der Waals surface area contributed by atoms with Gasteiger partial charge in [0.2, 0.25) is 0 Å². The highest BCUT2D eigenvalue weighted by molar-refractivity contribution is 5.34. The minimum atomic E-state index is -0.325. The molecule has 4 heteroatoms. The zero-order chi connectivity index (χ0) is 13.0. The van der Waals surface area contributed by atoms with Gasteiger partial charge < -0.3 is 0 Å². The molecule has 0 aliphatic heterocycles. The lowest BCUT2D eigenvalue weighted by molar-refractivity contribution is -0.384. The molecule has 0 heterocycles. The van der Waals surface area contributed by atoms with Crippen LogP contribution >= 0.6 is 0 Å². The molecule has 4 nitrogen and oxygen atoms in total. The van der Waals surface area contributed by atoms with Crippen molar-refractivity contribution in [1.82, 2.24) is 4.90 Å². The van der Waals surface area contributed by atoms with E-state index in [1.807, 2.05) is 6.07 Å². The van der Waals surface area contributed by atoms with Crippen LogP contribution in [0.5, 0.6) is 0 Å². The Hall–Kier alpha value is -1.42. The van der Waals surface area contributed by atoms with Crippen LogP contribution in [0.2, 0.25) is 0 Å². The van der Waals surface area contributed by atoms with Gasteiger partial charge in [0.15, 0.2) is 0 Å². The van der Waals surface area contributed by atoms with Crippen molar-refractivity contribution >= 4 is 5.69 Å². The smallest absolute Gasteiger partial charge is 0.269 e. The fraction of sp³-hybridized carbons (Fsp3) is 0.571. The standard InChI is InChI=1S/C14H20N2O2/c1-2-8-15(10-12-6-7-12)11-13-4-3-5-14(9-13)16(17)18/h3-5,9,12H,2,6-8,10-11H2,1H3. The van der Waals surface area contributed by atoms with Gasteiger partial charge in [0.05, 0.1) is 4.92 Å². The van der Waals surface area contributed by atoms with Gasteiger partial charge in [0, 0.05) is 25.2 Å². The summed E-state index contributed by atoms with van der Waals surface area (Å²) in [6.45, 7) is 5.20. The van der Waals surface area contributed by atoms with Crippen molar-refractivity contribution in [1.29, 1.82) is 0 Å². The topological polar surface area (TPSA) is 46.4 Å². The van der Waals surface area contributed by atoms with Crippen LogP contribution < -0.4 is 0 Å². The molecule has 18 heavy (non-hydrogen) atoms. The second-order valence-electron chi connectivity index (χ2n) is 5.11. The van der Waals surface area contributed by atoms with E-state index in [0.717, 1.165) is 37.5 Å². The van der Waals surface area contributed by atoms with Gasteiger partial charge in [-0.2, -0.15) is 0 Å². The summed E-state index contributed by atoms with van der Waals surface area (Å²) in [5.74, 6) is 0.857. The Kier molecular flexibility index (Phi) is 4.31. The van der Waals surface area contributed by atoms with Gasteiger partial charge in [-0.05, 0) is 37.3 Å². The predicted molar refractivity (Wildman–Crippen MR) is 71.4 cm³/mol. The van der Waals surface area contributed by atoms with Crippen molar-refractivity contribution in [3.05, 3.63) is 39.9 Å². The highest BCUT2D eigenvalue weighted by Crippen LogP contribution is 2.30. The lowest BCUT2D eigenvalue weighted by Crippen LogP contribution is -2.26. The van der Waals surface area contributed by atoms with Gasteiger partial charge in [-0.3, -0.25) is 15.0 Å². The first-order chi connectivity index (χ1) is 8.69. The molecule has 1 aromatic rings. The highest BCUT2D eigenvalue weighted by atomic mass is 16.6. The molecule has 0 saturated heterocycles. The molecular weight excluding hydrogens is 228 g/mol. The first-order valence-electron chi connectivity index (χ1n) is 6.64. The van der Waals surface area contributed by atoms with E-state index in [0.29, 0.717) is 0 Å². The predicted octanol–water partition coefficient (Wildman–Crippen LogP) is 3.22. The van der Waals surface area contributed by atoms with Crippen molar-refractivity contribution in [2.45, 2.75) is 32.7 Å². The van der Waals surface area contributed by atoms with E-state index in [1.54, 1.807) is 18.2 Å². The monoisotopic (exact) mass is 248 g/mol. The molecule has 0 radical (unpaired) electrons. The Bertz CT molecular complexity index is 416. The van der Waals surface area contributed by atoms with Crippen molar-refractivity contribution in [2.24, 2.45) is 5.92 Å². The summed E-state index contributed by atoms with van der Waals surface area (Å²) in [6, 6.07) is 6.99. The zero-order valence-corrected chi connectivity index (χ0v) is 10.8. The summed E-state index contributed by atoms with van der Waals surface area (Å²) >= 11 is 0. The van der Waals surface area contributed by atoms with E-state index < -0.39 is 0 Å². The molecule has 98 valence electrons. The van der Waals surface area contributed by atoms with Crippen LogP contribution in [-0.4, -0.2) is 22.9 Å². The third kappa shape index (κ3) is 3.81. The van der Waals surface area contributed by atoms with Crippen LogP contribution in [0.3, 0.4) is 0 Å². The summed E-state index contributed by atoms with van der Waals surface area (Å²) < 4.78 is 0. The fourth-order valence-electron chi connectivity index (χ4n) is 2.24. The van der Waals surface area contributed by atoms with Gasteiger partial charge in [-0.1, -0.05) is 19.1 Å². The van der Waals surface area contributed by atoms with Crippen LogP contribution in [-0.2, 0) is 6.54 Å². The van der Waals surface area contributed by atoms with Gasteiger partial charge >= 0.3 is 0 Å². The maximum atomic E-state index is 10.7. The molecule has 0 unspecified atom stereocenters. The number of nitrogens with zero attached hydrogens (tertiary/aromatic N) is 2. The van der Waals surface area contributed by atoms with E-state index in [1.165, 1.54) is 12.8 Å². The van der Waals surface area contributed by atoms with Crippen LogP contribution in [0.25, 0.3) is 0 Å². The first-order valence-corrected chi connectivity index (χ1v) is 6.64. The molecule has 1 aliphatic carbocycles. The molecule has 0 bridgehead atoms. The lowest BCUT2D eigenvalue weighted by atomic mass is 10.2. The largest absolute Gasteiger partial charge is 0.299 e. The summed E-state index contributed by atoms with van der Waals surface area (Å²) in [5, 5.41) is 10.7. The summed E-state index contributed by atoms with van der Waals surface area (Å²) in [6.07, 6.45) is 3.81. The molecular formula is C14H20N2O2. The van der Waals surface area contributed by atoms with Crippen molar-refractivity contribution < 1.29 is 4.92 Å².